The third kappa shape index (κ3) is 6.23. The molecule has 0 N–H and O–H groups in total. The van der Waals surface area contributed by atoms with Crippen LogP contribution in [-0.4, -0.2) is 66.4 Å². The van der Waals surface area contributed by atoms with Crippen molar-refractivity contribution in [1.29, 1.82) is 0 Å². The minimum atomic E-state index is -4.07. The van der Waals surface area contributed by atoms with E-state index in [1.807, 2.05) is 29.9 Å². The summed E-state index contributed by atoms with van der Waals surface area (Å²) in [4.78, 5) is 24.6. The van der Waals surface area contributed by atoms with E-state index in [1.165, 1.54) is 18.1 Å². The molecule has 0 aliphatic carbocycles. The molecule has 0 atom stereocenters. The van der Waals surface area contributed by atoms with Gasteiger partial charge in [0.05, 0.1) is 29.5 Å². The number of hydrogen-bond acceptors (Lipinski definition) is 6. The average Bonchev–Trinajstić information content (AvgIpc) is 3.15. The molecular weight excluding hydrogens is 424 g/mol. The number of hydrogen-bond donors (Lipinski definition) is 0. The maximum absolute atomic E-state index is 13.1. The topological polar surface area (TPSA) is 115 Å². The summed E-state index contributed by atoms with van der Waals surface area (Å²) >= 11 is 0. The fourth-order valence-electron chi connectivity index (χ4n) is 2.88. The number of methoxy groups -OCH3 is 1. The number of nitro benzene ring substituents is 1. The molecule has 31 heavy (non-hydrogen) atoms. The standard InChI is InChI=1S/C20H26N4O6S/c1-4-11-23(31(28,29)19-9-7-17(8-10-19)24(26)27)16-20(25)22(13-14-30-3)15-18-6-5-12-21(18)2/h4-10,12H,1,11,13-16H2,2-3H3. The Bertz CT molecular complexity index is 1020. The number of nitrogens with zero attached hydrogens (tertiary/aromatic N) is 4. The molecule has 0 saturated heterocycles. The molecule has 2 aromatic rings. The van der Waals surface area contributed by atoms with Crippen molar-refractivity contribution in [3.63, 3.8) is 0 Å². The number of amides is 1. The molecule has 0 radical (unpaired) electrons. The van der Waals surface area contributed by atoms with Crippen LogP contribution in [0.4, 0.5) is 5.69 Å². The molecule has 0 unspecified atom stereocenters. The third-order valence-corrected chi connectivity index (χ3v) is 6.48. The molecule has 0 aliphatic heterocycles. The number of sulfonamides is 1. The second kappa shape index (κ2) is 10.8. The molecule has 1 amide bonds. The summed E-state index contributed by atoms with van der Waals surface area (Å²) in [5, 5.41) is 10.8. The third-order valence-electron chi connectivity index (χ3n) is 4.65. The van der Waals surface area contributed by atoms with Crippen LogP contribution in [0.2, 0.25) is 0 Å². The highest BCUT2D eigenvalue weighted by Crippen LogP contribution is 2.20. The first-order chi connectivity index (χ1) is 14.7. The lowest BCUT2D eigenvalue weighted by molar-refractivity contribution is -0.384. The highest BCUT2D eigenvalue weighted by atomic mass is 32.2. The van der Waals surface area contributed by atoms with Crippen LogP contribution in [0, 0.1) is 10.1 Å². The van der Waals surface area contributed by atoms with Crippen molar-refractivity contribution in [2.45, 2.75) is 11.4 Å². The lowest BCUT2D eigenvalue weighted by Crippen LogP contribution is -2.44. The van der Waals surface area contributed by atoms with Gasteiger partial charge in [-0.15, -0.1) is 6.58 Å². The number of ether oxygens (including phenoxy) is 1. The van der Waals surface area contributed by atoms with Crippen molar-refractivity contribution in [2.75, 3.05) is 33.4 Å². The Balaban J connectivity index is 2.25. The second-order valence-corrected chi connectivity index (χ2v) is 8.69. The van der Waals surface area contributed by atoms with Crippen molar-refractivity contribution < 1.29 is 22.9 Å². The van der Waals surface area contributed by atoms with Crippen LogP contribution in [0.15, 0.2) is 60.1 Å². The van der Waals surface area contributed by atoms with Crippen LogP contribution in [0.1, 0.15) is 5.69 Å². The fraction of sp³-hybridized carbons (Fsp3) is 0.350. The zero-order valence-electron chi connectivity index (χ0n) is 17.5. The van der Waals surface area contributed by atoms with E-state index >= 15 is 0 Å². The smallest absolute Gasteiger partial charge is 0.269 e. The molecule has 0 saturated carbocycles. The molecule has 1 aromatic carbocycles. The highest BCUT2D eigenvalue weighted by molar-refractivity contribution is 7.89. The Morgan fingerprint density at radius 1 is 1.29 bits per heavy atom. The summed E-state index contributed by atoms with van der Waals surface area (Å²) in [5.74, 6) is -0.398. The summed E-state index contributed by atoms with van der Waals surface area (Å²) in [7, 11) is -0.689. The van der Waals surface area contributed by atoms with Gasteiger partial charge in [-0.2, -0.15) is 4.31 Å². The molecule has 1 aromatic heterocycles. The molecule has 0 spiro atoms. The number of carbonyl (C=O) groups excluding carboxylic acids is 1. The largest absolute Gasteiger partial charge is 0.383 e. The maximum Gasteiger partial charge on any atom is 0.269 e. The summed E-state index contributed by atoms with van der Waals surface area (Å²) in [5.41, 5.74) is 0.663. The number of aromatic nitrogens is 1. The zero-order valence-corrected chi connectivity index (χ0v) is 18.3. The van der Waals surface area contributed by atoms with Gasteiger partial charge in [0.25, 0.3) is 5.69 Å². The second-order valence-electron chi connectivity index (χ2n) is 6.76. The van der Waals surface area contributed by atoms with Gasteiger partial charge in [-0.25, -0.2) is 8.42 Å². The van der Waals surface area contributed by atoms with Crippen molar-refractivity contribution in [2.24, 2.45) is 7.05 Å². The van der Waals surface area contributed by atoms with Gasteiger partial charge in [-0.05, 0) is 24.3 Å². The SMILES string of the molecule is C=CCN(CC(=O)N(CCOC)Cc1cccn1C)S(=O)(=O)c1ccc([N+](=O)[O-])cc1. The summed E-state index contributed by atoms with van der Waals surface area (Å²) < 4.78 is 34.1. The maximum atomic E-state index is 13.1. The van der Waals surface area contributed by atoms with E-state index in [4.69, 9.17) is 4.74 Å². The fourth-order valence-corrected chi connectivity index (χ4v) is 4.24. The van der Waals surface area contributed by atoms with Crippen molar-refractivity contribution in [3.05, 3.63) is 71.1 Å². The first-order valence-corrected chi connectivity index (χ1v) is 10.9. The number of carbonyl (C=O) groups is 1. The minimum Gasteiger partial charge on any atom is -0.383 e. The quantitative estimate of drug-likeness (QED) is 0.277. The predicted molar refractivity (Wildman–Crippen MR) is 115 cm³/mol. The van der Waals surface area contributed by atoms with E-state index in [1.54, 1.807) is 0 Å². The number of rotatable bonds is 12. The molecular formula is C20H26N4O6S. The summed E-state index contributed by atoms with van der Waals surface area (Å²) in [6, 6.07) is 8.27. The van der Waals surface area contributed by atoms with E-state index in [0.717, 1.165) is 34.3 Å². The van der Waals surface area contributed by atoms with E-state index in [0.29, 0.717) is 19.7 Å². The van der Waals surface area contributed by atoms with Gasteiger partial charge in [0.15, 0.2) is 0 Å². The van der Waals surface area contributed by atoms with Gasteiger partial charge in [0.2, 0.25) is 15.9 Å². The molecule has 1 heterocycles. The van der Waals surface area contributed by atoms with Gasteiger partial charge in [-0.1, -0.05) is 6.08 Å². The number of non-ortho nitro benzene ring substituents is 1. The van der Waals surface area contributed by atoms with E-state index in [-0.39, 0.29) is 17.1 Å². The van der Waals surface area contributed by atoms with Crippen LogP contribution in [0.3, 0.4) is 0 Å². The van der Waals surface area contributed by atoms with Crippen molar-refractivity contribution in [1.82, 2.24) is 13.8 Å². The van der Waals surface area contributed by atoms with Gasteiger partial charge in [0.1, 0.15) is 0 Å². The van der Waals surface area contributed by atoms with E-state index in [9.17, 15) is 23.3 Å². The molecule has 168 valence electrons. The Kier molecular flexibility index (Phi) is 8.48. The Hall–Kier alpha value is -3.02. The predicted octanol–water partition coefficient (Wildman–Crippen LogP) is 1.79. The van der Waals surface area contributed by atoms with Crippen LogP contribution >= 0.6 is 0 Å². The van der Waals surface area contributed by atoms with Crippen LogP contribution < -0.4 is 0 Å². The number of benzene rings is 1. The Morgan fingerprint density at radius 3 is 2.48 bits per heavy atom. The molecule has 0 fully saturated rings. The first-order valence-electron chi connectivity index (χ1n) is 9.43. The molecule has 11 heteroatoms. The summed E-state index contributed by atoms with van der Waals surface area (Å²) in [6.45, 7) is 3.97. The van der Waals surface area contributed by atoms with Gasteiger partial charge in [0, 0.05) is 51.3 Å². The van der Waals surface area contributed by atoms with Crippen LogP contribution in [-0.2, 0) is 33.1 Å². The number of aryl methyl sites for hydroxylation is 1. The van der Waals surface area contributed by atoms with E-state index in [2.05, 4.69) is 6.58 Å². The van der Waals surface area contributed by atoms with Crippen LogP contribution in [0.25, 0.3) is 0 Å². The van der Waals surface area contributed by atoms with Crippen molar-refractivity contribution >= 4 is 21.6 Å². The Morgan fingerprint density at radius 2 is 1.97 bits per heavy atom. The van der Waals surface area contributed by atoms with Gasteiger partial charge in [-0.3, -0.25) is 14.9 Å². The molecule has 0 bridgehead atoms. The zero-order chi connectivity index (χ0) is 23.0. The summed E-state index contributed by atoms with van der Waals surface area (Å²) in [6.07, 6.45) is 3.24. The first kappa shape index (κ1) is 24.3. The molecule has 0 aliphatic rings. The van der Waals surface area contributed by atoms with Crippen LogP contribution in [0.5, 0.6) is 0 Å². The minimum absolute atomic E-state index is 0.0899. The lowest BCUT2D eigenvalue weighted by atomic mass is 10.3. The molecule has 10 nitrogen and oxygen atoms in total. The number of nitro groups is 1. The van der Waals surface area contributed by atoms with Gasteiger partial charge >= 0.3 is 0 Å². The lowest BCUT2D eigenvalue weighted by Gasteiger charge is -2.27. The molecule has 2 rings (SSSR count). The average molecular weight is 451 g/mol. The van der Waals surface area contributed by atoms with Gasteiger partial charge < -0.3 is 14.2 Å². The Labute approximate surface area is 181 Å². The highest BCUT2D eigenvalue weighted by Gasteiger charge is 2.28. The monoisotopic (exact) mass is 450 g/mol. The van der Waals surface area contributed by atoms with Crippen molar-refractivity contribution in [3.8, 4) is 0 Å². The van der Waals surface area contributed by atoms with E-state index < -0.39 is 27.4 Å². The normalized spacial score (nSPS) is 11.5.